The molecule has 1 fully saturated rings. The highest BCUT2D eigenvalue weighted by atomic mass is 16.2. The third-order valence-corrected chi connectivity index (χ3v) is 5.20. The first kappa shape index (κ1) is 23.4. The Morgan fingerprint density at radius 1 is 1.03 bits per heavy atom. The molecule has 6 heteroatoms. The smallest absolute Gasteiger partial charge is 0.240 e. The molecule has 1 aromatic carbocycles. The van der Waals surface area contributed by atoms with Gasteiger partial charge in [0, 0.05) is 45.3 Å². The molecule has 0 atom stereocenters. The van der Waals surface area contributed by atoms with Crippen LogP contribution < -0.4 is 5.32 Å². The summed E-state index contributed by atoms with van der Waals surface area (Å²) in [6.07, 6.45) is 0. The fraction of sp³-hybridized carbons (Fsp3) is 0.652. The van der Waals surface area contributed by atoms with Crippen LogP contribution in [0.4, 0.5) is 0 Å². The summed E-state index contributed by atoms with van der Waals surface area (Å²) in [5, 5.41) is 2.89. The number of likely N-dealkylation sites (N-methyl/N-ethyl adjacent to an activating group) is 1. The Morgan fingerprint density at radius 3 is 2.10 bits per heavy atom. The van der Waals surface area contributed by atoms with Crippen LogP contribution in [0.2, 0.25) is 0 Å². The molecule has 0 spiro atoms. The Hall–Kier alpha value is -1.92. The number of hydrogen-bond acceptors (Lipinski definition) is 4. The van der Waals surface area contributed by atoms with Gasteiger partial charge in [-0.25, -0.2) is 0 Å². The average Bonchev–Trinajstić information content (AvgIpc) is 2.62. The molecule has 0 aromatic heterocycles. The van der Waals surface area contributed by atoms with Gasteiger partial charge in [-0.15, -0.1) is 0 Å². The van der Waals surface area contributed by atoms with Crippen molar-refractivity contribution in [2.24, 2.45) is 0 Å². The second-order valence-corrected chi connectivity index (χ2v) is 9.50. The van der Waals surface area contributed by atoms with Crippen molar-refractivity contribution in [3.63, 3.8) is 0 Å². The van der Waals surface area contributed by atoms with Crippen LogP contribution in [0.3, 0.4) is 0 Å². The van der Waals surface area contributed by atoms with Gasteiger partial charge in [0.15, 0.2) is 0 Å². The van der Waals surface area contributed by atoms with Gasteiger partial charge in [-0.3, -0.25) is 19.4 Å². The molecule has 162 valence electrons. The van der Waals surface area contributed by atoms with Crippen molar-refractivity contribution in [3.8, 4) is 0 Å². The number of carbonyl (C=O) groups is 2. The van der Waals surface area contributed by atoms with Gasteiger partial charge in [0.25, 0.3) is 0 Å². The maximum Gasteiger partial charge on any atom is 0.240 e. The Kier molecular flexibility index (Phi) is 8.23. The molecule has 1 heterocycles. The normalized spacial score (nSPS) is 16.1. The molecular formula is C23H38N4O2. The molecule has 1 aromatic rings. The van der Waals surface area contributed by atoms with E-state index in [2.05, 4.69) is 53.2 Å². The number of hydrogen-bond donors (Lipinski definition) is 1. The third kappa shape index (κ3) is 8.15. The van der Waals surface area contributed by atoms with E-state index in [0.717, 1.165) is 32.7 Å². The molecule has 1 saturated heterocycles. The predicted octanol–water partition coefficient (Wildman–Crippen LogP) is 2.30. The third-order valence-electron chi connectivity index (χ3n) is 5.20. The summed E-state index contributed by atoms with van der Waals surface area (Å²) in [5.74, 6) is 0.427. The average molecular weight is 403 g/mol. The molecule has 6 nitrogen and oxygen atoms in total. The number of rotatable bonds is 7. The second-order valence-electron chi connectivity index (χ2n) is 9.50. The molecular weight excluding hydrogens is 364 g/mol. The van der Waals surface area contributed by atoms with Crippen LogP contribution in [0.25, 0.3) is 0 Å². The minimum Gasteiger partial charge on any atom is -0.350 e. The Bertz CT molecular complexity index is 671. The van der Waals surface area contributed by atoms with Crippen LogP contribution >= 0.6 is 0 Å². The number of nitrogens with zero attached hydrogens (tertiary/aromatic N) is 3. The predicted molar refractivity (Wildman–Crippen MR) is 118 cm³/mol. The van der Waals surface area contributed by atoms with E-state index in [-0.39, 0.29) is 23.9 Å². The topological polar surface area (TPSA) is 55.9 Å². The lowest BCUT2D eigenvalue weighted by Crippen LogP contribution is -2.51. The van der Waals surface area contributed by atoms with Crippen molar-refractivity contribution in [1.82, 2.24) is 20.0 Å². The van der Waals surface area contributed by atoms with Gasteiger partial charge in [0.1, 0.15) is 0 Å². The molecule has 0 radical (unpaired) electrons. The van der Waals surface area contributed by atoms with Crippen LogP contribution in [-0.2, 0) is 16.1 Å². The Morgan fingerprint density at radius 2 is 1.59 bits per heavy atom. The van der Waals surface area contributed by atoms with Crippen molar-refractivity contribution < 1.29 is 9.59 Å². The van der Waals surface area contributed by atoms with E-state index in [0.29, 0.717) is 12.5 Å². The number of piperazine rings is 1. The zero-order valence-corrected chi connectivity index (χ0v) is 19.0. The van der Waals surface area contributed by atoms with Crippen LogP contribution in [0.15, 0.2) is 24.3 Å². The summed E-state index contributed by atoms with van der Waals surface area (Å²) < 4.78 is 0. The fourth-order valence-corrected chi connectivity index (χ4v) is 3.45. The zero-order valence-electron chi connectivity index (χ0n) is 19.0. The molecule has 2 amide bonds. The summed E-state index contributed by atoms with van der Waals surface area (Å²) in [6, 6.07) is 8.90. The highest BCUT2D eigenvalue weighted by molar-refractivity contribution is 5.85. The Balaban J connectivity index is 1.73. The molecule has 0 unspecified atom stereocenters. The molecule has 0 saturated carbocycles. The first-order chi connectivity index (χ1) is 13.5. The van der Waals surface area contributed by atoms with Crippen LogP contribution in [-0.4, -0.2) is 78.4 Å². The zero-order chi connectivity index (χ0) is 21.6. The number of amides is 2. The summed E-state index contributed by atoms with van der Waals surface area (Å²) in [5.41, 5.74) is 2.42. The maximum atomic E-state index is 12.5. The van der Waals surface area contributed by atoms with E-state index in [9.17, 15) is 9.59 Å². The van der Waals surface area contributed by atoms with Gasteiger partial charge >= 0.3 is 0 Å². The minimum atomic E-state index is -0.285. The van der Waals surface area contributed by atoms with Crippen molar-refractivity contribution in [2.45, 2.75) is 52.6 Å². The van der Waals surface area contributed by atoms with Gasteiger partial charge < -0.3 is 10.2 Å². The number of benzene rings is 1. The van der Waals surface area contributed by atoms with Crippen LogP contribution in [0, 0.1) is 0 Å². The van der Waals surface area contributed by atoms with Crippen molar-refractivity contribution >= 4 is 11.8 Å². The summed E-state index contributed by atoms with van der Waals surface area (Å²) in [6.45, 7) is 15.3. The van der Waals surface area contributed by atoms with Crippen LogP contribution in [0.1, 0.15) is 51.7 Å². The second kappa shape index (κ2) is 10.2. The summed E-state index contributed by atoms with van der Waals surface area (Å²) in [4.78, 5) is 30.6. The molecule has 0 aliphatic carbocycles. The van der Waals surface area contributed by atoms with E-state index in [1.807, 2.05) is 20.8 Å². The first-order valence-electron chi connectivity index (χ1n) is 10.6. The van der Waals surface area contributed by atoms with E-state index in [1.165, 1.54) is 16.0 Å². The Labute approximate surface area is 176 Å². The lowest BCUT2D eigenvalue weighted by atomic mass is 10.0. The lowest BCUT2D eigenvalue weighted by Gasteiger charge is -2.35. The van der Waals surface area contributed by atoms with Gasteiger partial charge in [-0.05, 0) is 37.8 Å². The first-order valence-corrected chi connectivity index (χ1v) is 10.6. The summed E-state index contributed by atoms with van der Waals surface area (Å²) in [7, 11) is 1.70. The minimum absolute atomic E-state index is 0.00761. The lowest BCUT2D eigenvalue weighted by molar-refractivity contribution is -0.136. The molecule has 1 N–H and O–H groups in total. The molecule has 2 rings (SSSR count). The molecule has 0 bridgehead atoms. The van der Waals surface area contributed by atoms with E-state index < -0.39 is 0 Å². The SMILES string of the molecule is CC(C)c1ccc(CN2CCN(CC(=O)N(C)CC(=O)NC(C)(C)C)CC2)cc1. The maximum absolute atomic E-state index is 12.5. The number of nitrogens with one attached hydrogen (secondary N) is 1. The fourth-order valence-electron chi connectivity index (χ4n) is 3.45. The monoisotopic (exact) mass is 402 g/mol. The van der Waals surface area contributed by atoms with E-state index in [4.69, 9.17) is 0 Å². The standard InChI is InChI=1S/C23H38N4O2/c1-18(2)20-9-7-19(8-10-20)15-26-11-13-27(14-12-26)17-22(29)25(6)16-21(28)24-23(3,4)5/h7-10,18H,11-17H2,1-6H3,(H,24,28). The largest absolute Gasteiger partial charge is 0.350 e. The van der Waals surface area contributed by atoms with Gasteiger partial charge in [-0.1, -0.05) is 38.1 Å². The summed E-state index contributed by atoms with van der Waals surface area (Å²) >= 11 is 0. The van der Waals surface area contributed by atoms with Gasteiger partial charge in [0.05, 0.1) is 13.1 Å². The molecule has 1 aliphatic rings. The molecule has 1 aliphatic heterocycles. The number of carbonyl (C=O) groups excluding carboxylic acids is 2. The van der Waals surface area contributed by atoms with Gasteiger partial charge in [-0.2, -0.15) is 0 Å². The molecule has 29 heavy (non-hydrogen) atoms. The highest BCUT2D eigenvalue weighted by Gasteiger charge is 2.22. The quantitative estimate of drug-likeness (QED) is 0.760. The highest BCUT2D eigenvalue weighted by Crippen LogP contribution is 2.16. The van der Waals surface area contributed by atoms with Crippen LogP contribution in [0.5, 0.6) is 0 Å². The van der Waals surface area contributed by atoms with Crippen molar-refractivity contribution in [2.75, 3.05) is 46.3 Å². The van der Waals surface area contributed by atoms with Gasteiger partial charge in [0.2, 0.25) is 11.8 Å². The van der Waals surface area contributed by atoms with Crippen molar-refractivity contribution in [3.05, 3.63) is 35.4 Å². The van der Waals surface area contributed by atoms with E-state index in [1.54, 1.807) is 7.05 Å². The van der Waals surface area contributed by atoms with E-state index >= 15 is 0 Å². The van der Waals surface area contributed by atoms with Crippen molar-refractivity contribution in [1.29, 1.82) is 0 Å².